The zero-order chi connectivity index (χ0) is 11.5. The minimum absolute atomic E-state index is 1.10. The fourth-order valence-electron chi connectivity index (χ4n) is 2.17. The molecule has 2 heteroatoms. The van der Waals surface area contributed by atoms with Crippen molar-refractivity contribution in [3.8, 4) is 0 Å². The number of fused-ring (bicyclic) bond motifs is 1. The number of para-hydroxylation sites is 1. The lowest BCUT2D eigenvalue weighted by Gasteiger charge is -2.10. The molecule has 16 heavy (non-hydrogen) atoms. The van der Waals surface area contributed by atoms with E-state index in [1.807, 2.05) is 0 Å². The molecule has 0 spiro atoms. The summed E-state index contributed by atoms with van der Waals surface area (Å²) in [7, 11) is 4.25. The molecule has 0 aliphatic carbocycles. The third kappa shape index (κ3) is 2.27. The topological polar surface area (TPSA) is 8.17 Å². The maximum absolute atomic E-state index is 2.37. The summed E-state index contributed by atoms with van der Waals surface area (Å²) in [6.07, 6.45) is 3.46. The summed E-state index contributed by atoms with van der Waals surface area (Å²) >= 11 is 0. The van der Waals surface area contributed by atoms with Crippen LogP contribution in [-0.2, 0) is 6.54 Å². The molecule has 0 aliphatic rings. The number of nitrogens with zero attached hydrogens (tertiary/aromatic N) is 2. The van der Waals surface area contributed by atoms with Gasteiger partial charge in [-0.3, -0.25) is 0 Å². The van der Waals surface area contributed by atoms with E-state index in [1.165, 1.54) is 22.9 Å². The molecule has 0 radical (unpaired) electrons. The van der Waals surface area contributed by atoms with E-state index in [0.29, 0.717) is 0 Å². The molecule has 0 saturated carbocycles. The summed E-state index contributed by atoms with van der Waals surface area (Å²) in [6.45, 7) is 4.43. The Hall–Kier alpha value is -1.28. The lowest BCUT2D eigenvalue weighted by atomic mass is 10.2. The van der Waals surface area contributed by atoms with Crippen molar-refractivity contribution in [1.82, 2.24) is 9.47 Å². The van der Waals surface area contributed by atoms with Crippen LogP contribution < -0.4 is 0 Å². The third-order valence-corrected chi connectivity index (χ3v) is 2.99. The first-order valence-corrected chi connectivity index (χ1v) is 5.87. The van der Waals surface area contributed by atoms with Crippen molar-refractivity contribution in [3.05, 3.63) is 36.0 Å². The molecule has 1 aromatic carbocycles. The van der Waals surface area contributed by atoms with Crippen molar-refractivity contribution < 1.29 is 0 Å². The second-order valence-electron chi connectivity index (χ2n) is 4.68. The molecule has 0 aliphatic heterocycles. The smallest absolute Gasteiger partial charge is 0.0483 e. The van der Waals surface area contributed by atoms with Crippen LogP contribution in [0.15, 0.2) is 30.5 Å². The lowest BCUT2D eigenvalue weighted by molar-refractivity contribution is 0.388. The summed E-state index contributed by atoms with van der Waals surface area (Å²) in [6, 6.07) is 8.63. The van der Waals surface area contributed by atoms with Gasteiger partial charge in [-0.05, 0) is 45.6 Å². The van der Waals surface area contributed by atoms with Crippen molar-refractivity contribution in [2.24, 2.45) is 0 Å². The lowest BCUT2D eigenvalue weighted by Crippen LogP contribution is -2.14. The second kappa shape index (κ2) is 4.71. The van der Waals surface area contributed by atoms with E-state index in [9.17, 15) is 0 Å². The van der Waals surface area contributed by atoms with Crippen molar-refractivity contribution in [2.75, 3.05) is 20.6 Å². The first-order valence-electron chi connectivity index (χ1n) is 5.87. The molecule has 0 amide bonds. The van der Waals surface area contributed by atoms with Gasteiger partial charge in [0.1, 0.15) is 0 Å². The van der Waals surface area contributed by atoms with E-state index in [0.717, 1.165) is 13.1 Å². The zero-order valence-electron chi connectivity index (χ0n) is 10.4. The molecule has 0 N–H and O–H groups in total. The zero-order valence-corrected chi connectivity index (χ0v) is 10.4. The first-order chi connectivity index (χ1) is 7.68. The first kappa shape index (κ1) is 11.2. The van der Waals surface area contributed by atoms with Crippen molar-refractivity contribution >= 4 is 10.9 Å². The molecule has 0 fully saturated rings. The van der Waals surface area contributed by atoms with Gasteiger partial charge in [-0.2, -0.15) is 0 Å². The van der Waals surface area contributed by atoms with E-state index in [2.05, 4.69) is 60.9 Å². The molecule has 86 valence electrons. The van der Waals surface area contributed by atoms with Gasteiger partial charge in [0.25, 0.3) is 0 Å². The highest BCUT2D eigenvalue weighted by Crippen LogP contribution is 2.20. The Balaban J connectivity index is 2.18. The van der Waals surface area contributed by atoms with E-state index in [1.54, 1.807) is 0 Å². The van der Waals surface area contributed by atoms with E-state index in [-0.39, 0.29) is 0 Å². The number of hydrogen-bond acceptors (Lipinski definition) is 1. The number of benzene rings is 1. The van der Waals surface area contributed by atoms with E-state index in [4.69, 9.17) is 0 Å². The molecule has 2 nitrogen and oxygen atoms in total. The number of hydrogen-bond donors (Lipinski definition) is 0. The van der Waals surface area contributed by atoms with E-state index >= 15 is 0 Å². The standard InChI is InChI=1S/C14H20N2/c1-12-11-16(10-6-9-15(2)3)14-8-5-4-7-13(12)14/h4-5,7-8,11H,6,9-10H2,1-3H3. The molecule has 0 bridgehead atoms. The van der Waals surface area contributed by atoms with Crippen molar-refractivity contribution in [1.29, 1.82) is 0 Å². The van der Waals surface area contributed by atoms with Crippen LogP contribution in [0.5, 0.6) is 0 Å². The largest absolute Gasteiger partial charge is 0.347 e. The average molecular weight is 216 g/mol. The quantitative estimate of drug-likeness (QED) is 0.763. The maximum Gasteiger partial charge on any atom is 0.0483 e. The van der Waals surface area contributed by atoms with Gasteiger partial charge in [-0.15, -0.1) is 0 Å². The Morgan fingerprint density at radius 2 is 1.94 bits per heavy atom. The van der Waals surface area contributed by atoms with Gasteiger partial charge in [0.05, 0.1) is 0 Å². The summed E-state index contributed by atoms with van der Waals surface area (Å²) in [4.78, 5) is 2.23. The van der Waals surface area contributed by atoms with Gasteiger partial charge in [-0.1, -0.05) is 18.2 Å². The molecule has 1 aromatic heterocycles. The van der Waals surface area contributed by atoms with Crippen LogP contribution in [-0.4, -0.2) is 30.1 Å². The predicted molar refractivity (Wildman–Crippen MR) is 69.8 cm³/mol. The minimum atomic E-state index is 1.10. The molecular weight excluding hydrogens is 196 g/mol. The van der Waals surface area contributed by atoms with Crippen LogP contribution in [0.2, 0.25) is 0 Å². The Labute approximate surface area is 97.5 Å². The van der Waals surface area contributed by atoms with Crippen molar-refractivity contribution in [2.45, 2.75) is 19.9 Å². The fraction of sp³-hybridized carbons (Fsp3) is 0.429. The highest BCUT2D eigenvalue weighted by atomic mass is 15.1. The fourth-order valence-corrected chi connectivity index (χ4v) is 2.17. The van der Waals surface area contributed by atoms with Crippen LogP contribution in [0, 0.1) is 6.92 Å². The maximum atomic E-state index is 2.37. The second-order valence-corrected chi connectivity index (χ2v) is 4.68. The molecule has 2 rings (SSSR count). The molecule has 1 heterocycles. The normalized spacial score (nSPS) is 11.5. The van der Waals surface area contributed by atoms with Crippen molar-refractivity contribution in [3.63, 3.8) is 0 Å². The van der Waals surface area contributed by atoms with Crippen LogP contribution >= 0.6 is 0 Å². The van der Waals surface area contributed by atoms with Gasteiger partial charge in [0.2, 0.25) is 0 Å². The molecule has 0 unspecified atom stereocenters. The third-order valence-electron chi connectivity index (χ3n) is 2.99. The van der Waals surface area contributed by atoms with Crippen LogP contribution in [0.4, 0.5) is 0 Å². The van der Waals surface area contributed by atoms with Gasteiger partial charge in [-0.25, -0.2) is 0 Å². The Kier molecular flexibility index (Phi) is 3.30. The number of aryl methyl sites for hydroxylation is 2. The van der Waals surface area contributed by atoms with Gasteiger partial charge < -0.3 is 9.47 Å². The van der Waals surface area contributed by atoms with Gasteiger partial charge >= 0.3 is 0 Å². The molecular formula is C14H20N2. The van der Waals surface area contributed by atoms with Crippen LogP contribution in [0.3, 0.4) is 0 Å². The SMILES string of the molecule is Cc1cn(CCCN(C)C)c2ccccc12. The van der Waals surface area contributed by atoms with Gasteiger partial charge in [0.15, 0.2) is 0 Å². The summed E-state index contributed by atoms with van der Waals surface area (Å²) < 4.78 is 2.37. The predicted octanol–water partition coefficient (Wildman–Crippen LogP) is 2.90. The monoisotopic (exact) mass is 216 g/mol. The number of rotatable bonds is 4. The minimum Gasteiger partial charge on any atom is -0.347 e. The summed E-state index contributed by atoms with van der Waals surface area (Å²) in [5.41, 5.74) is 2.74. The van der Waals surface area contributed by atoms with Crippen LogP contribution in [0.25, 0.3) is 10.9 Å². The Morgan fingerprint density at radius 3 is 2.69 bits per heavy atom. The molecule has 0 saturated heterocycles. The summed E-state index contributed by atoms with van der Waals surface area (Å²) in [5.74, 6) is 0. The average Bonchev–Trinajstić information content (AvgIpc) is 2.57. The van der Waals surface area contributed by atoms with E-state index < -0.39 is 0 Å². The molecule has 2 aromatic rings. The Morgan fingerprint density at radius 1 is 1.19 bits per heavy atom. The Bertz CT molecular complexity index is 469. The summed E-state index contributed by atoms with van der Waals surface area (Å²) in [5, 5.41) is 1.38. The van der Waals surface area contributed by atoms with Gasteiger partial charge in [0, 0.05) is 23.6 Å². The molecule has 0 atom stereocenters. The highest BCUT2D eigenvalue weighted by Gasteiger charge is 2.03. The number of aromatic nitrogens is 1. The highest BCUT2D eigenvalue weighted by molar-refractivity contribution is 5.83. The van der Waals surface area contributed by atoms with Crippen LogP contribution in [0.1, 0.15) is 12.0 Å².